The highest BCUT2D eigenvalue weighted by Gasteiger charge is 2.44. The summed E-state index contributed by atoms with van der Waals surface area (Å²) in [4.78, 5) is 7.45. The minimum absolute atomic E-state index is 0.0168. The van der Waals surface area contributed by atoms with Crippen LogP contribution in [0, 0.1) is 13.8 Å². The molecule has 3 unspecified atom stereocenters. The minimum atomic E-state index is -0.0168. The monoisotopic (exact) mass is 613 g/mol. The van der Waals surface area contributed by atoms with Crippen LogP contribution in [-0.4, -0.2) is 21.7 Å². The first-order chi connectivity index (χ1) is 21.8. The molecule has 3 heterocycles. The van der Waals surface area contributed by atoms with Crippen LogP contribution in [0.4, 0.5) is 11.5 Å². The molecule has 3 atom stereocenters. The summed E-state index contributed by atoms with van der Waals surface area (Å²) in [5.74, 6) is 2.47. The molecule has 1 aliphatic carbocycles. The fourth-order valence-electron chi connectivity index (χ4n) is 7.55. The van der Waals surface area contributed by atoms with Gasteiger partial charge >= 0.3 is 0 Å². The number of pyridine rings is 1. The SMILES string of the molecule is Cc1cc2c(cc1C)[n+](C)cn2-c1cc(OC2CCC3c4ccccc4N(c4cc(C(C)(C)C)ccn4)C3C2)cc(C(C)(C)C)c1. The summed E-state index contributed by atoms with van der Waals surface area (Å²) < 4.78 is 11.6. The van der Waals surface area contributed by atoms with Crippen LogP contribution >= 0.6 is 0 Å². The Kier molecular flexibility index (Phi) is 7.30. The first-order valence-electron chi connectivity index (χ1n) is 16.9. The average Bonchev–Trinajstić information content (AvgIpc) is 3.50. The number of fused-ring (bicyclic) bond motifs is 4. The largest absolute Gasteiger partial charge is 0.490 e. The smallest absolute Gasteiger partial charge is 0.249 e. The summed E-state index contributed by atoms with van der Waals surface area (Å²) in [6.45, 7) is 18.1. The second kappa shape index (κ2) is 11.0. The van der Waals surface area contributed by atoms with E-state index in [0.29, 0.717) is 12.0 Å². The molecule has 5 aromatic rings. The molecule has 1 saturated carbocycles. The van der Waals surface area contributed by atoms with Gasteiger partial charge in [0, 0.05) is 36.3 Å². The Hall–Kier alpha value is -4.12. The van der Waals surface area contributed by atoms with Gasteiger partial charge in [-0.25, -0.2) is 9.55 Å². The lowest BCUT2D eigenvalue weighted by atomic mass is 9.81. The number of aromatic nitrogens is 3. The lowest BCUT2D eigenvalue weighted by molar-refractivity contribution is -0.645. The second-order valence-electron chi connectivity index (χ2n) is 15.8. The van der Waals surface area contributed by atoms with E-state index in [-0.39, 0.29) is 16.9 Å². The van der Waals surface area contributed by atoms with Crippen molar-refractivity contribution in [3.63, 3.8) is 0 Å². The van der Waals surface area contributed by atoms with Crippen LogP contribution in [0.2, 0.25) is 0 Å². The van der Waals surface area contributed by atoms with E-state index in [1.54, 1.807) is 0 Å². The maximum Gasteiger partial charge on any atom is 0.249 e. The molecule has 2 aromatic heterocycles. The van der Waals surface area contributed by atoms with Crippen LogP contribution in [0.5, 0.6) is 5.75 Å². The number of aryl methyl sites for hydroxylation is 3. The molecule has 2 aliphatic rings. The van der Waals surface area contributed by atoms with Crippen LogP contribution in [0.15, 0.2) is 79.3 Å². The zero-order valence-electron chi connectivity index (χ0n) is 29.1. The standard InChI is InChI=1S/C41H49N4O/c1-26-18-37-38(19-27(26)2)44(25-43(37)9)30-20-29(41(6,7)8)21-32(23-30)46-31-14-15-34-33-12-10-11-13-35(33)45(36(34)24-31)39-22-28(16-17-42-39)40(3,4)5/h10-13,16-23,25,31,34,36H,14-15,24H2,1-9H3/q+1. The molecule has 1 aliphatic heterocycles. The molecule has 5 heteroatoms. The molecule has 3 aromatic carbocycles. The maximum atomic E-state index is 7.02. The third kappa shape index (κ3) is 5.38. The molecule has 238 valence electrons. The summed E-state index contributed by atoms with van der Waals surface area (Å²) in [5, 5.41) is 0. The molecule has 5 nitrogen and oxygen atoms in total. The van der Waals surface area contributed by atoms with Gasteiger partial charge in [-0.2, -0.15) is 4.57 Å². The molecular formula is C41H49N4O+. The van der Waals surface area contributed by atoms with Crippen molar-refractivity contribution < 1.29 is 9.30 Å². The Morgan fingerprint density at radius 2 is 1.57 bits per heavy atom. The summed E-state index contributed by atoms with van der Waals surface area (Å²) in [6.07, 6.45) is 7.39. The Morgan fingerprint density at radius 1 is 0.826 bits per heavy atom. The highest BCUT2D eigenvalue weighted by Crippen LogP contribution is 2.51. The number of ether oxygens (including phenoxy) is 1. The van der Waals surface area contributed by atoms with E-state index in [1.807, 2.05) is 6.20 Å². The van der Waals surface area contributed by atoms with Crippen molar-refractivity contribution in [2.24, 2.45) is 7.05 Å². The van der Waals surface area contributed by atoms with Gasteiger partial charge in [-0.15, -0.1) is 0 Å². The van der Waals surface area contributed by atoms with Gasteiger partial charge in [-0.1, -0.05) is 59.7 Å². The van der Waals surface area contributed by atoms with Gasteiger partial charge in [0.25, 0.3) is 0 Å². The molecule has 0 saturated heterocycles. The van der Waals surface area contributed by atoms with Crippen molar-refractivity contribution in [1.29, 1.82) is 0 Å². The van der Waals surface area contributed by atoms with Gasteiger partial charge in [-0.05, 0) is 108 Å². The summed E-state index contributed by atoms with van der Waals surface area (Å²) in [5.41, 5.74) is 11.6. The number of nitrogens with zero attached hydrogens (tertiary/aromatic N) is 4. The molecule has 0 amide bonds. The predicted molar refractivity (Wildman–Crippen MR) is 189 cm³/mol. The number of hydrogen-bond donors (Lipinski definition) is 0. The van der Waals surface area contributed by atoms with Crippen molar-refractivity contribution in [1.82, 2.24) is 9.55 Å². The van der Waals surface area contributed by atoms with Crippen LogP contribution in [0.25, 0.3) is 16.7 Å². The number of para-hydroxylation sites is 1. The van der Waals surface area contributed by atoms with Crippen LogP contribution in [-0.2, 0) is 17.9 Å². The lowest BCUT2D eigenvalue weighted by Crippen LogP contribution is -2.40. The summed E-state index contributed by atoms with van der Waals surface area (Å²) in [6, 6.07) is 25.2. The molecule has 0 bridgehead atoms. The van der Waals surface area contributed by atoms with E-state index in [2.05, 4.69) is 150 Å². The number of anilines is 2. The third-order valence-corrected chi connectivity index (χ3v) is 10.4. The third-order valence-electron chi connectivity index (χ3n) is 10.4. The quantitative estimate of drug-likeness (QED) is 0.190. The number of imidazole rings is 1. The topological polar surface area (TPSA) is 34.2 Å². The molecular weight excluding hydrogens is 564 g/mol. The number of benzene rings is 3. The zero-order chi connectivity index (χ0) is 32.5. The van der Waals surface area contributed by atoms with Gasteiger partial charge in [-0.3, -0.25) is 0 Å². The van der Waals surface area contributed by atoms with Crippen molar-refractivity contribution in [3.8, 4) is 11.4 Å². The van der Waals surface area contributed by atoms with Gasteiger partial charge in [0.15, 0.2) is 11.0 Å². The van der Waals surface area contributed by atoms with Crippen molar-refractivity contribution >= 4 is 22.5 Å². The van der Waals surface area contributed by atoms with Crippen molar-refractivity contribution in [2.45, 2.75) is 104 Å². The highest BCUT2D eigenvalue weighted by atomic mass is 16.5. The van der Waals surface area contributed by atoms with E-state index in [4.69, 9.17) is 9.72 Å². The maximum absolute atomic E-state index is 7.02. The normalized spacial score (nSPS) is 19.8. The average molecular weight is 614 g/mol. The molecule has 1 fully saturated rings. The van der Waals surface area contributed by atoms with Crippen LogP contribution in [0.3, 0.4) is 0 Å². The minimum Gasteiger partial charge on any atom is -0.490 e. The number of rotatable bonds is 4. The van der Waals surface area contributed by atoms with Crippen molar-refractivity contribution in [3.05, 3.63) is 107 Å². The van der Waals surface area contributed by atoms with E-state index < -0.39 is 0 Å². The van der Waals surface area contributed by atoms with Gasteiger partial charge < -0.3 is 9.64 Å². The zero-order valence-corrected chi connectivity index (χ0v) is 29.1. The van der Waals surface area contributed by atoms with E-state index in [1.165, 1.54) is 44.5 Å². The molecule has 46 heavy (non-hydrogen) atoms. The first kappa shape index (κ1) is 30.5. The number of hydrogen-bond acceptors (Lipinski definition) is 3. The second-order valence-corrected chi connectivity index (χ2v) is 15.8. The van der Waals surface area contributed by atoms with Gasteiger partial charge in [0.2, 0.25) is 6.33 Å². The predicted octanol–water partition coefficient (Wildman–Crippen LogP) is 9.30. The Morgan fingerprint density at radius 3 is 2.33 bits per heavy atom. The molecule has 0 spiro atoms. The van der Waals surface area contributed by atoms with Crippen LogP contribution in [0.1, 0.15) is 94.5 Å². The molecule has 0 radical (unpaired) electrons. The fraction of sp³-hybridized carbons (Fsp3) is 0.415. The Labute approximate surface area is 274 Å². The Balaban J connectivity index is 1.24. The highest BCUT2D eigenvalue weighted by molar-refractivity contribution is 5.76. The summed E-state index contributed by atoms with van der Waals surface area (Å²) >= 11 is 0. The van der Waals surface area contributed by atoms with E-state index in [9.17, 15) is 0 Å². The first-order valence-corrected chi connectivity index (χ1v) is 16.9. The summed E-state index contributed by atoms with van der Waals surface area (Å²) in [7, 11) is 2.13. The van der Waals surface area contributed by atoms with Crippen molar-refractivity contribution in [2.75, 3.05) is 4.90 Å². The van der Waals surface area contributed by atoms with E-state index >= 15 is 0 Å². The van der Waals surface area contributed by atoms with Gasteiger partial charge in [0.05, 0.1) is 7.05 Å². The Bertz CT molecular complexity index is 1940. The lowest BCUT2D eigenvalue weighted by Gasteiger charge is -2.37. The van der Waals surface area contributed by atoms with Gasteiger partial charge in [0.1, 0.15) is 23.4 Å². The molecule has 0 N–H and O–H groups in total. The van der Waals surface area contributed by atoms with Crippen LogP contribution < -0.4 is 14.2 Å². The molecule has 7 rings (SSSR count). The fourth-order valence-corrected chi connectivity index (χ4v) is 7.55. The van der Waals surface area contributed by atoms with E-state index in [0.717, 1.165) is 36.5 Å².